The molecule has 0 saturated carbocycles. The number of nitrogens with one attached hydrogen (secondary N) is 1. The fourth-order valence-electron chi connectivity index (χ4n) is 1.93. The molecule has 0 radical (unpaired) electrons. The Balaban J connectivity index is 1.63. The summed E-state index contributed by atoms with van der Waals surface area (Å²) in [6, 6.07) is 7.42. The molecule has 2 heterocycles. The molecule has 0 bridgehead atoms. The number of anilines is 1. The van der Waals surface area contributed by atoms with Crippen molar-refractivity contribution in [3.05, 3.63) is 42.1 Å². The molecule has 3 rings (SSSR count). The van der Waals surface area contributed by atoms with Gasteiger partial charge in [-0.1, -0.05) is 0 Å². The second-order valence-corrected chi connectivity index (χ2v) is 4.81. The SMILES string of the molecule is O=C(Nc1ccc2c(c1)OCO2)c1ccc(OCC(F)(F)F)nc1. The maximum atomic E-state index is 12.1. The summed E-state index contributed by atoms with van der Waals surface area (Å²) in [6.07, 6.45) is -3.31. The Hall–Kier alpha value is -2.97. The van der Waals surface area contributed by atoms with Crippen LogP contribution in [0.3, 0.4) is 0 Å². The van der Waals surface area contributed by atoms with Crippen molar-refractivity contribution in [1.29, 1.82) is 0 Å². The fraction of sp³-hybridized carbons (Fsp3) is 0.200. The Morgan fingerprint density at radius 3 is 2.71 bits per heavy atom. The van der Waals surface area contributed by atoms with Gasteiger partial charge in [-0.15, -0.1) is 0 Å². The number of benzene rings is 1. The summed E-state index contributed by atoms with van der Waals surface area (Å²) >= 11 is 0. The molecule has 1 aromatic carbocycles. The minimum absolute atomic E-state index is 0.121. The zero-order valence-electron chi connectivity index (χ0n) is 12.1. The first-order chi connectivity index (χ1) is 11.4. The Morgan fingerprint density at radius 1 is 1.21 bits per heavy atom. The van der Waals surface area contributed by atoms with Crippen molar-refractivity contribution in [3.8, 4) is 17.4 Å². The number of carbonyl (C=O) groups is 1. The van der Waals surface area contributed by atoms with Gasteiger partial charge in [0.05, 0.1) is 5.56 Å². The molecule has 0 aliphatic carbocycles. The highest BCUT2D eigenvalue weighted by Crippen LogP contribution is 2.34. The summed E-state index contributed by atoms with van der Waals surface area (Å²) in [5.74, 6) is 0.415. The molecule has 0 atom stereocenters. The molecule has 1 aliphatic rings. The van der Waals surface area contributed by atoms with Crippen LogP contribution in [0.4, 0.5) is 18.9 Å². The molecule has 2 aromatic rings. The van der Waals surface area contributed by atoms with Crippen molar-refractivity contribution in [3.63, 3.8) is 0 Å². The lowest BCUT2D eigenvalue weighted by atomic mass is 10.2. The second-order valence-electron chi connectivity index (χ2n) is 4.81. The number of hydrogen-bond donors (Lipinski definition) is 1. The topological polar surface area (TPSA) is 69.7 Å². The monoisotopic (exact) mass is 340 g/mol. The van der Waals surface area contributed by atoms with Crippen molar-refractivity contribution in [2.24, 2.45) is 0 Å². The fourth-order valence-corrected chi connectivity index (χ4v) is 1.93. The van der Waals surface area contributed by atoms with Crippen molar-refractivity contribution in [1.82, 2.24) is 4.98 Å². The minimum atomic E-state index is -4.45. The third-order valence-electron chi connectivity index (χ3n) is 3.01. The van der Waals surface area contributed by atoms with Crippen LogP contribution < -0.4 is 19.5 Å². The van der Waals surface area contributed by atoms with Crippen LogP contribution in [0.1, 0.15) is 10.4 Å². The van der Waals surface area contributed by atoms with Gasteiger partial charge in [-0.3, -0.25) is 4.79 Å². The van der Waals surface area contributed by atoms with Crippen LogP contribution in [0, 0.1) is 0 Å². The normalized spacial score (nSPS) is 12.8. The van der Waals surface area contributed by atoms with Gasteiger partial charge in [0, 0.05) is 24.0 Å². The zero-order valence-corrected chi connectivity index (χ0v) is 12.1. The number of fused-ring (bicyclic) bond motifs is 1. The first-order valence-corrected chi connectivity index (χ1v) is 6.77. The number of alkyl halides is 3. The van der Waals surface area contributed by atoms with Crippen molar-refractivity contribution in [2.45, 2.75) is 6.18 Å². The van der Waals surface area contributed by atoms with Crippen LogP contribution in [0.15, 0.2) is 36.5 Å². The van der Waals surface area contributed by atoms with E-state index < -0.39 is 18.7 Å². The number of hydrogen-bond acceptors (Lipinski definition) is 5. The third-order valence-corrected chi connectivity index (χ3v) is 3.01. The van der Waals surface area contributed by atoms with Crippen LogP contribution >= 0.6 is 0 Å². The summed E-state index contributed by atoms with van der Waals surface area (Å²) in [4.78, 5) is 15.8. The van der Waals surface area contributed by atoms with E-state index in [2.05, 4.69) is 15.0 Å². The molecule has 126 valence electrons. The van der Waals surface area contributed by atoms with E-state index in [-0.39, 0.29) is 18.2 Å². The average Bonchev–Trinajstić information content (AvgIpc) is 3.00. The summed E-state index contributed by atoms with van der Waals surface area (Å²) in [7, 11) is 0. The molecule has 0 spiro atoms. The maximum Gasteiger partial charge on any atom is 0.422 e. The summed E-state index contributed by atoms with van der Waals surface area (Å²) in [6.45, 7) is -1.32. The third kappa shape index (κ3) is 3.86. The van der Waals surface area contributed by atoms with E-state index in [4.69, 9.17) is 9.47 Å². The predicted octanol–water partition coefficient (Wildman–Crippen LogP) is 3.00. The molecule has 0 saturated heterocycles. The van der Waals surface area contributed by atoms with E-state index in [0.717, 1.165) is 6.20 Å². The molecule has 0 fully saturated rings. The van der Waals surface area contributed by atoms with Gasteiger partial charge >= 0.3 is 6.18 Å². The van der Waals surface area contributed by atoms with Gasteiger partial charge in [-0.05, 0) is 18.2 Å². The van der Waals surface area contributed by atoms with Crippen LogP contribution in [0.2, 0.25) is 0 Å². The van der Waals surface area contributed by atoms with Crippen LogP contribution in [-0.4, -0.2) is 30.5 Å². The quantitative estimate of drug-likeness (QED) is 0.927. The van der Waals surface area contributed by atoms with Gasteiger partial charge < -0.3 is 19.5 Å². The smallest absolute Gasteiger partial charge is 0.422 e. The zero-order chi connectivity index (χ0) is 17.2. The van der Waals surface area contributed by atoms with E-state index >= 15 is 0 Å². The van der Waals surface area contributed by atoms with Gasteiger partial charge in [0.15, 0.2) is 18.1 Å². The first kappa shape index (κ1) is 15.9. The van der Waals surface area contributed by atoms with Crippen molar-refractivity contribution >= 4 is 11.6 Å². The predicted molar refractivity (Wildman–Crippen MR) is 76.3 cm³/mol. The van der Waals surface area contributed by atoms with Crippen LogP contribution in [-0.2, 0) is 0 Å². The highest BCUT2D eigenvalue weighted by molar-refractivity contribution is 6.04. The van der Waals surface area contributed by atoms with E-state index in [0.29, 0.717) is 17.2 Å². The summed E-state index contributed by atoms with van der Waals surface area (Å²) in [5, 5.41) is 2.63. The van der Waals surface area contributed by atoms with E-state index in [1.54, 1.807) is 18.2 Å². The largest absolute Gasteiger partial charge is 0.468 e. The summed E-state index contributed by atoms with van der Waals surface area (Å²) in [5.41, 5.74) is 0.661. The average molecular weight is 340 g/mol. The molecular weight excluding hydrogens is 329 g/mol. The van der Waals surface area contributed by atoms with Gasteiger partial charge in [-0.25, -0.2) is 4.98 Å². The number of amides is 1. The van der Waals surface area contributed by atoms with Crippen LogP contribution in [0.25, 0.3) is 0 Å². The molecule has 1 aromatic heterocycles. The van der Waals surface area contributed by atoms with Crippen LogP contribution in [0.5, 0.6) is 17.4 Å². The molecule has 0 unspecified atom stereocenters. The van der Waals surface area contributed by atoms with E-state index in [1.165, 1.54) is 12.1 Å². The highest BCUT2D eigenvalue weighted by atomic mass is 19.4. The lowest BCUT2D eigenvalue weighted by molar-refractivity contribution is -0.154. The molecule has 1 amide bonds. The minimum Gasteiger partial charge on any atom is -0.468 e. The van der Waals surface area contributed by atoms with Gasteiger partial charge in [0.1, 0.15) is 0 Å². The lowest BCUT2D eigenvalue weighted by Gasteiger charge is -2.09. The second kappa shape index (κ2) is 6.26. The number of nitrogens with zero attached hydrogens (tertiary/aromatic N) is 1. The number of rotatable bonds is 4. The molecule has 24 heavy (non-hydrogen) atoms. The number of pyridine rings is 1. The summed E-state index contributed by atoms with van der Waals surface area (Å²) < 4.78 is 51.0. The molecule has 6 nitrogen and oxygen atoms in total. The number of aromatic nitrogens is 1. The Kier molecular flexibility index (Phi) is 4.15. The molecular formula is C15H11F3N2O4. The molecule has 1 N–H and O–H groups in total. The number of halogens is 3. The standard InChI is InChI=1S/C15H11F3N2O4/c16-15(17,18)7-22-13-4-1-9(6-19-13)14(21)20-10-2-3-11-12(5-10)24-8-23-11/h1-6H,7-8H2,(H,20,21). The molecule has 1 aliphatic heterocycles. The number of ether oxygens (including phenoxy) is 3. The van der Waals surface area contributed by atoms with E-state index in [1.807, 2.05) is 0 Å². The van der Waals surface area contributed by atoms with E-state index in [9.17, 15) is 18.0 Å². The first-order valence-electron chi connectivity index (χ1n) is 6.77. The maximum absolute atomic E-state index is 12.1. The Labute approximate surface area is 134 Å². The van der Waals surface area contributed by atoms with Crippen molar-refractivity contribution in [2.75, 3.05) is 18.7 Å². The molecule has 9 heteroatoms. The van der Waals surface area contributed by atoms with Gasteiger partial charge in [0.25, 0.3) is 5.91 Å². The van der Waals surface area contributed by atoms with Crippen molar-refractivity contribution < 1.29 is 32.2 Å². The lowest BCUT2D eigenvalue weighted by Crippen LogP contribution is -2.19. The Morgan fingerprint density at radius 2 is 2.00 bits per heavy atom. The van der Waals surface area contributed by atoms with Gasteiger partial charge in [-0.2, -0.15) is 13.2 Å². The van der Waals surface area contributed by atoms with Gasteiger partial charge in [0.2, 0.25) is 12.7 Å². The Bertz CT molecular complexity index is 747. The number of carbonyl (C=O) groups excluding carboxylic acids is 1. The highest BCUT2D eigenvalue weighted by Gasteiger charge is 2.28.